The molecule has 3 nitrogen and oxygen atoms in total. The molecular formula is C13H8Cl3NO2. The van der Waals surface area contributed by atoms with E-state index in [4.69, 9.17) is 34.8 Å². The van der Waals surface area contributed by atoms with E-state index in [2.05, 4.69) is 9.72 Å². The number of nitrogens with zero attached hydrogens (tertiary/aromatic N) is 1. The summed E-state index contributed by atoms with van der Waals surface area (Å²) >= 11 is 17.8. The maximum atomic E-state index is 11.6. The van der Waals surface area contributed by atoms with E-state index in [9.17, 15) is 4.79 Å². The molecule has 0 bridgehead atoms. The van der Waals surface area contributed by atoms with Gasteiger partial charge in [0.05, 0.1) is 12.7 Å². The molecule has 0 aliphatic heterocycles. The van der Waals surface area contributed by atoms with Gasteiger partial charge in [0.15, 0.2) is 0 Å². The molecule has 1 aromatic heterocycles. The van der Waals surface area contributed by atoms with E-state index in [1.165, 1.54) is 13.3 Å². The van der Waals surface area contributed by atoms with Gasteiger partial charge in [-0.25, -0.2) is 9.78 Å². The molecule has 1 heterocycles. The van der Waals surface area contributed by atoms with Crippen LogP contribution >= 0.6 is 34.8 Å². The van der Waals surface area contributed by atoms with Crippen LogP contribution in [-0.2, 0) is 4.74 Å². The number of hydrogen-bond donors (Lipinski definition) is 0. The Kier molecular flexibility index (Phi) is 4.30. The average Bonchev–Trinajstić information content (AvgIpc) is 2.39. The summed E-state index contributed by atoms with van der Waals surface area (Å²) in [4.78, 5) is 15.5. The molecule has 0 aliphatic rings. The minimum Gasteiger partial charge on any atom is -0.465 e. The van der Waals surface area contributed by atoms with Gasteiger partial charge in [0.1, 0.15) is 5.15 Å². The molecule has 2 rings (SSSR count). The van der Waals surface area contributed by atoms with E-state index in [0.717, 1.165) is 0 Å². The molecule has 98 valence electrons. The minimum atomic E-state index is -0.551. The molecule has 0 spiro atoms. The molecule has 0 saturated carbocycles. The number of esters is 1. The molecule has 0 atom stereocenters. The summed E-state index contributed by atoms with van der Waals surface area (Å²) < 4.78 is 4.64. The first-order chi connectivity index (χ1) is 9.02. The highest BCUT2D eigenvalue weighted by molar-refractivity contribution is 6.36. The van der Waals surface area contributed by atoms with E-state index >= 15 is 0 Å². The Hall–Kier alpha value is -1.29. The Morgan fingerprint density at radius 3 is 2.58 bits per heavy atom. The highest BCUT2D eigenvalue weighted by Crippen LogP contribution is 2.31. The van der Waals surface area contributed by atoms with Gasteiger partial charge in [-0.1, -0.05) is 40.9 Å². The number of hydrogen-bond acceptors (Lipinski definition) is 3. The van der Waals surface area contributed by atoms with Gasteiger partial charge in [-0.15, -0.1) is 0 Å². The van der Waals surface area contributed by atoms with Crippen molar-refractivity contribution in [3.8, 4) is 11.1 Å². The largest absolute Gasteiger partial charge is 0.465 e. The molecule has 0 N–H and O–H groups in total. The molecule has 0 aliphatic carbocycles. The maximum absolute atomic E-state index is 11.6. The Morgan fingerprint density at radius 2 is 1.95 bits per heavy atom. The minimum absolute atomic E-state index is 0.0840. The lowest BCUT2D eigenvalue weighted by atomic mass is 10.1. The first kappa shape index (κ1) is 14.1. The van der Waals surface area contributed by atoms with E-state index in [-0.39, 0.29) is 10.7 Å². The number of rotatable bonds is 2. The van der Waals surface area contributed by atoms with E-state index in [1.807, 2.05) is 0 Å². The zero-order valence-electron chi connectivity index (χ0n) is 9.78. The summed E-state index contributed by atoms with van der Waals surface area (Å²) in [6, 6.07) is 6.65. The topological polar surface area (TPSA) is 39.2 Å². The molecule has 0 radical (unpaired) electrons. The average molecular weight is 317 g/mol. The van der Waals surface area contributed by atoms with Crippen molar-refractivity contribution in [2.75, 3.05) is 7.11 Å². The van der Waals surface area contributed by atoms with Crippen LogP contribution in [0.1, 0.15) is 10.4 Å². The van der Waals surface area contributed by atoms with Gasteiger partial charge in [0, 0.05) is 27.4 Å². The number of carbonyl (C=O) groups is 1. The van der Waals surface area contributed by atoms with E-state index in [0.29, 0.717) is 21.2 Å². The van der Waals surface area contributed by atoms with Gasteiger partial charge in [-0.05, 0) is 18.2 Å². The van der Waals surface area contributed by atoms with Crippen LogP contribution in [0.4, 0.5) is 0 Å². The van der Waals surface area contributed by atoms with Crippen LogP contribution in [0.3, 0.4) is 0 Å². The lowest BCUT2D eigenvalue weighted by molar-refractivity contribution is 0.0600. The Morgan fingerprint density at radius 1 is 1.21 bits per heavy atom. The van der Waals surface area contributed by atoms with Gasteiger partial charge in [0.2, 0.25) is 0 Å². The van der Waals surface area contributed by atoms with Crippen LogP contribution in [0.5, 0.6) is 0 Å². The molecule has 0 unspecified atom stereocenters. The summed E-state index contributed by atoms with van der Waals surface area (Å²) in [7, 11) is 1.28. The summed E-state index contributed by atoms with van der Waals surface area (Å²) in [6.45, 7) is 0. The smallest absolute Gasteiger partial charge is 0.341 e. The Labute approximate surface area is 125 Å². The summed E-state index contributed by atoms with van der Waals surface area (Å²) in [5.74, 6) is -0.551. The molecule has 2 aromatic rings. The monoisotopic (exact) mass is 315 g/mol. The molecule has 0 amide bonds. The van der Waals surface area contributed by atoms with Crippen molar-refractivity contribution in [2.24, 2.45) is 0 Å². The van der Waals surface area contributed by atoms with Crippen molar-refractivity contribution in [3.05, 3.63) is 51.2 Å². The zero-order chi connectivity index (χ0) is 14.0. The third-order valence-electron chi connectivity index (χ3n) is 2.49. The highest BCUT2D eigenvalue weighted by atomic mass is 35.5. The summed E-state index contributed by atoms with van der Waals surface area (Å²) in [5.41, 5.74) is 1.56. The second kappa shape index (κ2) is 5.78. The summed E-state index contributed by atoms with van der Waals surface area (Å²) in [5, 5.41) is 1.08. The Bertz CT molecular complexity index is 644. The van der Waals surface area contributed by atoms with Crippen molar-refractivity contribution < 1.29 is 9.53 Å². The standard InChI is InChI=1S/C13H8Cl3NO2/c1-19-13(18)10-4-7(6-17-12(10)16)9-3-2-8(14)5-11(9)15/h2-6H,1H3. The van der Waals surface area contributed by atoms with Crippen molar-refractivity contribution in [3.63, 3.8) is 0 Å². The van der Waals surface area contributed by atoms with Crippen LogP contribution in [0.2, 0.25) is 15.2 Å². The first-order valence-electron chi connectivity index (χ1n) is 5.22. The van der Waals surface area contributed by atoms with Gasteiger partial charge in [-0.3, -0.25) is 0 Å². The van der Waals surface area contributed by atoms with Crippen LogP contribution < -0.4 is 0 Å². The van der Waals surface area contributed by atoms with Gasteiger partial charge < -0.3 is 4.74 Å². The molecule has 6 heteroatoms. The first-order valence-corrected chi connectivity index (χ1v) is 6.35. The predicted octanol–water partition coefficient (Wildman–Crippen LogP) is 4.50. The SMILES string of the molecule is COC(=O)c1cc(-c2ccc(Cl)cc2Cl)cnc1Cl. The second-order valence-corrected chi connectivity index (χ2v) is 4.88. The van der Waals surface area contributed by atoms with Crippen molar-refractivity contribution in [2.45, 2.75) is 0 Å². The number of methoxy groups -OCH3 is 1. The fraction of sp³-hybridized carbons (Fsp3) is 0.0769. The predicted molar refractivity (Wildman–Crippen MR) is 76.0 cm³/mol. The zero-order valence-corrected chi connectivity index (χ0v) is 12.1. The fourth-order valence-electron chi connectivity index (χ4n) is 1.57. The highest BCUT2D eigenvalue weighted by Gasteiger charge is 2.14. The van der Waals surface area contributed by atoms with Crippen molar-refractivity contribution in [1.29, 1.82) is 0 Å². The number of halogens is 3. The number of benzene rings is 1. The van der Waals surface area contributed by atoms with Gasteiger partial charge in [-0.2, -0.15) is 0 Å². The quantitative estimate of drug-likeness (QED) is 0.605. The third kappa shape index (κ3) is 3.00. The molecule has 1 aromatic carbocycles. The van der Waals surface area contributed by atoms with Crippen molar-refractivity contribution in [1.82, 2.24) is 4.98 Å². The summed E-state index contributed by atoms with van der Waals surface area (Å²) in [6.07, 6.45) is 1.53. The maximum Gasteiger partial charge on any atom is 0.341 e. The number of carbonyl (C=O) groups excluding carboxylic acids is 1. The van der Waals surface area contributed by atoms with Gasteiger partial charge in [0.25, 0.3) is 0 Å². The number of aromatic nitrogens is 1. The number of ether oxygens (including phenoxy) is 1. The van der Waals surface area contributed by atoms with Crippen LogP contribution in [0.15, 0.2) is 30.5 Å². The molecular weight excluding hydrogens is 309 g/mol. The lowest BCUT2D eigenvalue weighted by Gasteiger charge is -2.07. The normalized spacial score (nSPS) is 10.3. The van der Waals surface area contributed by atoms with Gasteiger partial charge >= 0.3 is 5.97 Å². The third-order valence-corrected chi connectivity index (χ3v) is 3.34. The van der Waals surface area contributed by atoms with Crippen LogP contribution in [0.25, 0.3) is 11.1 Å². The number of pyridine rings is 1. The lowest BCUT2D eigenvalue weighted by Crippen LogP contribution is -2.03. The van der Waals surface area contributed by atoms with E-state index in [1.54, 1.807) is 24.3 Å². The Balaban J connectivity index is 2.54. The molecule has 0 fully saturated rings. The van der Waals surface area contributed by atoms with Crippen molar-refractivity contribution >= 4 is 40.8 Å². The fourth-order valence-corrected chi connectivity index (χ4v) is 2.27. The van der Waals surface area contributed by atoms with E-state index < -0.39 is 5.97 Å². The van der Waals surface area contributed by atoms with Crippen LogP contribution in [-0.4, -0.2) is 18.1 Å². The second-order valence-electron chi connectivity index (χ2n) is 3.68. The molecule has 0 saturated heterocycles. The van der Waals surface area contributed by atoms with Crippen LogP contribution in [0, 0.1) is 0 Å². The molecule has 19 heavy (non-hydrogen) atoms.